The summed E-state index contributed by atoms with van der Waals surface area (Å²) >= 11 is 0. The van der Waals surface area contributed by atoms with Gasteiger partial charge >= 0.3 is 6.18 Å². The van der Waals surface area contributed by atoms with E-state index in [-0.39, 0.29) is 36.0 Å². The highest BCUT2D eigenvalue weighted by atomic mass is 19.4. The van der Waals surface area contributed by atoms with Crippen LogP contribution in [0.25, 0.3) is 0 Å². The van der Waals surface area contributed by atoms with Gasteiger partial charge in [0, 0.05) is 32.0 Å². The van der Waals surface area contributed by atoms with Crippen LogP contribution in [0.4, 0.5) is 13.2 Å². The lowest BCUT2D eigenvalue weighted by molar-refractivity contribution is -0.139. The molecule has 1 aliphatic carbocycles. The number of ketones is 1. The molecule has 1 saturated carbocycles. The Bertz CT molecular complexity index is 770. The summed E-state index contributed by atoms with van der Waals surface area (Å²) in [6, 6.07) is 3.75. The van der Waals surface area contributed by atoms with Crippen LogP contribution in [0.3, 0.4) is 0 Å². The van der Waals surface area contributed by atoms with Gasteiger partial charge in [-0.15, -0.1) is 0 Å². The molecule has 2 N–H and O–H groups in total. The third kappa shape index (κ3) is 5.84. The Labute approximate surface area is 176 Å². The average Bonchev–Trinajstić information content (AvgIpc) is 2.67. The van der Waals surface area contributed by atoms with Crippen LogP contribution < -0.4 is 5.73 Å². The molecule has 1 aromatic rings. The van der Waals surface area contributed by atoms with Gasteiger partial charge in [-0.2, -0.15) is 13.2 Å². The minimum absolute atomic E-state index is 0.0147. The number of piperidine rings is 1. The molecule has 30 heavy (non-hydrogen) atoms. The Kier molecular flexibility index (Phi) is 7.22. The first kappa shape index (κ1) is 22.8. The molecule has 3 rings (SSSR count). The number of amides is 1. The summed E-state index contributed by atoms with van der Waals surface area (Å²) in [7, 11) is 0. The Hall–Kier alpha value is -1.89. The van der Waals surface area contributed by atoms with Gasteiger partial charge in [0.25, 0.3) is 0 Å². The number of alkyl halides is 3. The standard InChI is InChI=1S/C23H31F3N2O2/c1-15-10-17(12-18(11-15)23(24,25)26)14-19(29)13-16-6-8-28(9-7-16)22(30)20-4-2-3-5-21(20)27/h10-12,16,20-21H,2-9,13-14,27H2,1H3/t20-,21-/m1/s1. The van der Waals surface area contributed by atoms with Crippen molar-refractivity contribution in [2.45, 2.75) is 70.5 Å². The number of likely N-dealkylation sites (tertiary alicyclic amines) is 1. The van der Waals surface area contributed by atoms with Crippen LogP contribution in [0.2, 0.25) is 0 Å². The Balaban J connectivity index is 1.50. The van der Waals surface area contributed by atoms with Crippen molar-refractivity contribution in [3.63, 3.8) is 0 Å². The third-order valence-corrected chi connectivity index (χ3v) is 6.44. The molecule has 1 amide bonds. The third-order valence-electron chi connectivity index (χ3n) is 6.44. The van der Waals surface area contributed by atoms with E-state index in [1.54, 1.807) is 13.0 Å². The lowest BCUT2D eigenvalue weighted by Gasteiger charge is -2.37. The van der Waals surface area contributed by atoms with Gasteiger partial charge in [-0.1, -0.05) is 24.5 Å². The van der Waals surface area contributed by atoms with Crippen LogP contribution >= 0.6 is 0 Å². The SMILES string of the molecule is Cc1cc(CC(=O)CC2CCN(C(=O)[C@@H]3CCCC[C@H]3N)CC2)cc(C(F)(F)F)c1. The molecular weight excluding hydrogens is 393 g/mol. The molecule has 2 atom stereocenters. The normalized spacial score (nSPS) is 23.4. The molecule has 1 heterocycles. The monoisotopic (exact) mass is 424 g/mol. The number of nitrogens with two attached hydrogens (primary N) is 1. The zero-order valence-corrected chi connectivity index (χ0v) is 17.5. The van der Waals surface area contributed by atoms with Crippen molar-refractivity contribution >= 4 is 11.7 Å². The first-order valence-electron chi connectivity index (χ1n) is 10.9. The van der Waals surface area contributed by atoms with Crippen LogP contribution in [0.1, 0.15) is 61.6 Å². The highest BCUT2D eigenvalue weighted by Gasteiger charge is 2.34. The average molecular weight is 425 g/mol. The van der Waals surface area contributed by atoms with Gasteiger partial charge in [0.2, 0.25) is 5.91 Å². The molecule has 0 spiro atoms. The number of nitrogens with zero attached hydrogens (tertiary/aromatic N) is 1. The van der Waals surface area contributed by atoms with Gasteiger partial charge in [-0.3, -0.25) is 9.59 Å². The van der Waals surface area contributed by atoms with Gasteiger partial charge in [0.1, 0.15) is 5.78 Å². The van der Waals surface area contributed by atoms with E-state index in [1.807, 2.05) is 4.90 Å². The van der Waals surface area contributed by atoms with Gasteiger partial charge < -0.3 is 10.6 Å². The number of hydrogen-bond donors (Lipinski definition) is 1. The maximum Gasteiger partial charge on any atom is 0.416 e. The lowest BCUT2D eigenvalue weighted by atomic mass is 9.83. The van der Waals surface area contributed by atoms with Gasteiger partial charge in [0.15, 0.2) is 0 Å². The van der Waals surface area contributed by atoms with Crippen LogP contribution in [-0.4, -0.2) is 35.7 Å². The number of aryl methyl sites for hydroxylation is 1. The molecule has 4 nitrogen and oxygen atoms in total. The van der Waals surface area contributed by atoms with Crippen molar-refractivity contribution in [1.29, 1.82) is 0 Å². The fraction of sp³-hybridized carbons (Fsp3) is 0.652. The van der Waals surface area contributed by atoms with E-state index >= 15 is 0 Å². The summed E-state index contributed by atoms with van der Waals surface area (Å²) in [6.07, 6.45) is 1.34. The summed E-state index contributed by atoms with van der Waals surface area (Å²) in [4.78, 5) is 27.1. The van der Waals surface area contributed by atoms with Crippen LogP contribution in [-0.2, 0) is 22.2 Å². The molecule has 0 bridgehead atoms. The topological polar surface area (TPSA) is 63.4 Å². The molecule has 166 valence electrons. The number of carbonyl (C=O) groups is 2. The molecule has 1 saturated heterocycles. The molecule has 1 aromatic carbocycles. The summed E-state index contributed by atoms with van der Waals surface area (Å²) in [5.41, 5.74) is 6.34. The second-order valence-electron chi connectivity index (χ2n) is 8.95. The fourth-order valence-electron chi connectivity index (χ4n) is 4.81. The number of benzene rings is 1. The number of carbonyl (C=O) groups excluding carboxylic acids is 2. The zero-order valence-electron chi connectivity index (χ0n) is 17.5. The molecular formula is C23H31F3N2O2. The number of Topliss-reactive ketones (excluding diaryl/α,β-unsaturated/α-hetero) is 1. The molecule has 2 aliphatic rings. The quantitative estimate of drug-likeness (QED) is 0.768. The Morgan fingerprint density at radius 1 is 1.07 bits per heavy atom. The van der Waals surface area contributed by atoms with Gasteiger partial charge in [0.05, 0.1) is 11.5 Å². The van der Waals surface area contributed by atoms with E-state index in [9.17, 15) is 22.8 Å². The molecule has 2 fully saturated rings. The summed E-state index contributed by atoms with van der Waals surface area (Å²) in [6.45, 7) is 2.86. The number of rotatable bonds is 5. The lowest BCUT2D eigenvalue weighted by Crippen LogP contribution is -2.48. The fourth-order valence-corrected chi connectivity index (χ4v) is 4.81. The summed E-state index contributed by atoms with van der Waals surface area (Å²) in [5, 5.41) is 0. The maximum absolute atomic E-state index is 13.0. The first-order valence-corrected chi connectivity index (χ1v) is 10.9. The predicted octanol–water partition coefficient (Wildman–Crippen LogP) is 4.27. The predicted molar refractivity (Wildman–Crippen MR) is 109 cm³/mol. The van der Waals surface area contributed by atoms with E-state index in [2.05, 4.69) is 0 Å². The highest BCUT2D eigenvalue weighted by molar-refractivity contribution is 5.81. The molecule has 1 aliphatic heterocycles. The van der Waals surface area contributed by atoms with E-state index in [0.29, 0.717) is 30.6 Å². The van der Waals surface area contributed by atoms with Crippen LogP contribution in [0.5, 0.6) is 0 Å². The summed E-state index contributed by atoms with van der Waals surface area (Å²) in [5.74, 6) is 0.189. The number of hydrogen-bond acceptors (Lipinski definition) is 3. The Morgan fingerprint density at radius 3 is 2.37 bits per heavy atom. The molecule has 0 radical (unpaired) electrons. The van der Waals surface area contributed by atoms with Gasteiger partial charge in [-0.05, 0) is 56.2 Å². The largest absolute Gasteiger partial charge is 0.416 e. The molecule has 7 heteroatoms. The van der Waals surface area contributed by atoms with Crippen molar-refractivity contribution in [1.82, 2.24) is 4.90 Å². The molecule has 0 unspecified atom stereocenters. The van der Waals surface area contributed by atoms with Crippen LogP contribution in [0.15, 0.2) is 18.2 Å². The van der Waals surface area contributed by atoms with Crippen molar-refractivity contribution in [2.75, 3.05) is 13.1 Å². The minimum atomic E-state index is -4.41. The maximum atomic E-state index is 13.0. The second kappa shape index (κ2) is 9.50. The van der Waals surface area contributed by atoms with Gasteiger partial charge in [-0.25, -0.2) is 0 Å². The van der Waals surface area contributed by atoms with E-state index in [1.165, 1.54) is 0 Å². The van der Waals surface area contributed by atoms with E-state index in [0.717, 1.165) is 50.7 Å². The molecule has 0 aromatic heterocycles. The first-order chi connectivity index (χ1) is 14.1. The Morgan fingerprint density at radius 2 is 1.73 bits per heavy atom. The zero-order chi connectivity index (χ0) is 21.9. The van der Waals surface area contributed by atoms with Crippen molar-refractivity contribution in [3.8, 4) is 0 Å². The van der Waals surface area contributed by atoms with Crippen molar-refractivity contribution in [2.24, 2.45) is 17.6 Å². The smallest absolute Gasteiger partial charge is 0.342 e. The van der Waals surface area contributed by atoms with Crippen molar-refractivity contribution in [3.05, 3.63) is 34.9 Å². The number of halogens is 3. The minimum Gasteiger partial charge on any atom is -0.342 e. The van der Waals surface area contributed by atoms with Crippen molar-refractivity contribution < 1.29 is 22.8 Å². The summed E-state index contributed by atoms with van der Waals surface area (Å²) < 4.78 is 39.0. The van der Waals surface area contributed by atoms with E-state index in [4.69, 9.17) is 5.73 Å². The highest BCUT2D eigenvalue weighted by Crippen LogP contribution is 2.31. The van der Waals surface area contributed by atoms with Crippen LogP contribution in [0, 0.1) is 18.8 Å². The second-order valence-corrected chi connectivity index (χ2v) is 8.95. The van der Waals surface area contributed by atoms with E-state index < -0.39 is 11.7 Å².